The Labute approximate surface area is 70.2 Å². The molecule has 0 amide bonds. The van der Waals surface area contributed by atoms with Crippen molar-refractivity contribution in [3.63, 3.8) is 0 Å². The number of carboxylic acid groups (broad SMARTS) is 1. The summed E-state index contributed by atoms with van der Waals surface area (Å²) in [4.78, 5) is 20.6. The van der Waals surface area contributed by atoms with Gasteiger partial charge in [-0.25, -0.2) is 0 Å². The Hall–Kier alpha value is -0.940. The van der Waals surface area contributed by atoms with Crippen LogP contribution in [0.2, 0.25) is 0 Å². The van der Waals surface area contributed by atoms with Crippen molar-refractivity contribution in [2.45, 2.75) is 24.8 Å². The van der Waals surface area contributed by atoms with Crippen LogP contribution in [0.25, 0.3) is 0 Å². The number of hydrogen-bond acceptors (Lipinski definition) is 4. The number of aliphatic hydroxyl groups excluding tert-OH is 1. The lowest BCUT2D eigenvalue weighted by molar-refractivity contribution is -0.144. The minimum absolute atomic E-state index is 0.109. The second-order valence-corrected chi connectivity index (χ2v) is 2.66. The molecule has 0 aromatic heterocycles. The smallest absolute Gasteiger partial charge is 0.324 e. The molecule has 5 nitrogen and oxygen atoms in total. The molecule has 0 saturated heterocycles. The highest BCUT2D eigenvalue weighted by atomic mass is 16.4. The van der Waals surface area contributed by atoms with E-state index in [0.717, 1.165) is 0 Å². The average molecular weight is 175 g/mol. The molecule has 5 heteroatoms. The lowest BCUT2D eigenvalue weighted by atomic mass is 9.92. The van der Waals surface area contributed by atoms with Crippen molar-refractivity contribution in [2.75, 3.05) is 6.61 Å². The Morgan fingerprint density at radius 2 is 2.17 bits per heavy atom. The molecule has 12 heavy (non-hydrogen) atoms. The maximum atomic E-state index is 10.6. The molecule has 0 bridgehead atoms. The summed E-state index contributed by atoms with van der Waals surface area (Å²) in [5.41, 5.74) is 3.89. The van der Waals surface area contributed by atoms with Crippen LogP contribution in [-0.4, -0.2) is 34.6 Å². The first kappa shape index (κ1) is 11.1. The van der Waals surface area contributed by atoms with E-state index in [-0.39, 0.29) is 25.9 Å². The maximum Gasteiger partial charge on any atom is 0.324 e. The van der Waals surface area contributed by atoms with E-state index in [4.69, 9.17) is 15.9 Å². The van der Waals surface area contributed by atoms with E-state index in [9.17, 15) is 9.59 Å². The molecular weight excluding hydrogens is 162 g/mol. The average Bonchev–Trinajstić information content (AvgIpc) is 2.01. The molecule has 0 rings (SSSR count). The summed E-state index contributed by atoms with van der Waals surface area (Å²) in [6, 6.07) is 0. The van der Waals surface area contributed by atoms with Crippen molar-refractivity contribution >= 4 is 12.3 Å². The summed E-state index contributed by atoms with van der Waals surface area (Å²) in [7, 11) is 0. The van der Waals surface area contributed by atoms with Crippen LogP contribution in [0.3, 0.4) is 0 Å². The molecule has 1 atom stereocenters. The van der Waals surface area contributed by atoms with Gasteiger partial charge in [0.25, 0.3) is 0 Å². The zero-order valence-corrected chi connectivity index (χ0v) is 6.69. The maximum absolute atomic E-state index is 10.6. The van der Waals surface area contributed by atoms with Crippen LogP contribution in [0.5, 0.6) is 0 Å². The van der Waals surface area contributed by atoms with Crippen molar-refractivity contribution in [1.82, 2.24) is 0 Å². The number of carbonyl (C=O) groups excluding carboxylic acids is 1. The van der Waals surface area contributed by atoms with E-state index in [1.807, 2.05) is 0 Å². The second kappa shape index (κ2) is 4.84. The summed E-state index contributed by atoms with van der Waals surface area (Å²) in [6.07, 6.45) is 0.655. The van der Waals surface area contributed by atoms with Crippen LogP contribution >= 0.6 is 0 Å². The first-order chi connectivity index (χ1) is 5.56. The molecule has 70 valence electrons. The van der Waals surface area contributed by atoms with Crippen molar-refractivity contribution in [3.05, 3.63) is 0 Å². The van der Waals surface area contributed by atoms with Crippen molar-refractivity contribution < 1.29 is 19.8 Å². The normalized spacial score (nSPS) is 15.2. The summed E-state index contributed by atoms with van der Waals surface area (Å²) >= 11 is 0. The van der Waals surface area contributed by atoms with Gasteiger partial charge in [0.1, 0.15) is 11.8 Å². The van der Waals surface area contributed by atoms with E-state index in [1.54, 1.807) is 0 Å². The van der Waals surface area contributed by atoms with E-state index < -0.39 is 11.5 Å². The first-order valence-electron chi connectivity index (χ1n) is 3.63. The number of carboxylic acids is 1. The Bertz CT molecular complexity index is 171. The van der Waals surface area contributed by atoms with Crippen molar-refractivity contribution in [3.8, 4) is 0 Å². The number of nitrogens with two attached hydrogens (primary N) is 1. The molecule has 0 fully saturated rings. The number of aldehydes is 1. The van der Waals surface area contributed by atoms with Crippen LogP contribution in [0.1, 0.15) is 19.3 Å². The number of hydrogen-bond donors (Lipinski definition) is 3. The van der Waals surface area contributed by atoms with Crippen LogP contribution in [0.4, 0.5) is 0 Å². The minimum atomic E-state index is -1.51. The monoisotopic (exact) mass is 175 g/mol. The van der Waals surface area contributed by atoms with Gasteiger partial charge in [-0.05, 0) is 12.8 Å². The summed E-state index contributed by atoms with van der Waals surface area (Å²) in [5.74, 6) is -1.21. The Morgan fingerprint density at radius 3 is 2.50 bits per heavy atom. The molecule has 0 aliphatic heterocycles. The lowest BCUT2D eigenvalue weighted by Crippen LogP contribution is -2.48. The van der Waals surface area contributed by atoms with Gasteiger partial charge in [0.15, 0.2) is 0 Å². The van der Waals surface area contributed by atoms with Crippen LogP contribution in [0.15, 0.2) is 0 Å². The van der Waals surface area contributed by atoms with Crippen LogP contribution in [0, 0.1) is 0 Å². The Morgan fingerprint density at radius 1 is 1.58 bits per heavy atom. The standard InChI is InChI=1S/C7H13NO4/c8-7(3-5-10,6(11)12)2-1-4-9/h5,9H,1-4,8H2,(H,11,12). The highest BCUT2D eigenvalue weighted by molar-refractivity contribution is 5.81. The van der Waals surface area contributed by atoms with Gasteiger partial charge in [-0.1, -0.05) is 0 Å². The van der Waals surface area contributed by atoms with Gasteiger partial charge in [0.2, 0.25) is 0 Å². The fraction of sp³-hybridized carbons (Fsp3) is 0.714. The number of rotatable bonds is 6. The van der Waals surface area contributed by atoms with E-state index in [1.165, 1.54) is 0 Å². The molecule has 0 saturated carbocycles. The van der Waals surface area contributed by atoms with Gasteiger partial charge in [-0.15, -0.1) is 0 Å². The molecule has 0 radical (unpaired) electrons. The lowest BCUT2D eigenvalue weighted by Gasteiger charge is -2.21. The minimum Gasteiger partial charge on any atom is -0.480 e. The fourth-order valence-corrected chi connectivity index (χ4v) is 0.840. The number of carbonyl (C=O) groups is 2. The molecule has 0 aliphatic carbocycles. The van der Waals surface area contributed by atoms with Crippen molar-refractivity contribution in [1.29, 1.82) is 0 Å². The van der Waals surface area contributed by atoms with Gasteiger partial charge >= 0.3 is 5.97 Å². The second-order valence-electron chi connectivity index (χ2n) is 2.66. The predicted molar refractivity (Wildman–Crippen MR) is 41.6 cm³/mol. The van der Waals surface area contributed by atoms with Gasteiger partial charge < -0.3 is 20.7 Å². The first-order valence-corrected chi connectivity index (χ1v) is 3.63. The third-order valence-corrected chi connectivity index (χ3v) is 1.65. The number of aliphatic hydroxyl groups is 1. The largest absolute Gasteiger partial charge is 0.480 e. The molecule has 0 aliphatic rings. The topological polar surface area (TPSA) is 101 Å². The molecular formula is C7H13NO4. The van der Waals surface area contributed by atoms with Gasteiger partial charge in [0.05, 0.1) is 0 Å². The van der Waals surface area contributed by atoms with Crippen molar-refractivity contribution in [2.24, 2.45) is 5.73 Å². The highest BCUT2D eigenvalue weighted by Crippen LogP contribution is 2.12. The van der Waals surface area contributed by atoms with E-state index in [2.05, 4.69) is 0 Å². The summed E-state index contributed by atoms with van der Waals surface area (Å²) in [6.45, 7) is -0.120. The fourth-order valence-electron chi connectivity index (χ4n) is 0.840. The molecule has 1 unspecified atom stereocenters. The molecule has 0 spiro atoms. The zero-order valence-electron chi connectivity index (χ0n) is 6.69. The SMILES string of the molecule is NC(CC=O)(CCCO)C(=O)O. The highest BCUT2D eigenvalue weighted by Gasteiger charge is 2.32. The molecule has 4 N–H and O–H groups in total. The summed E-state index contributed by atoms with van der Waals surface area (Å²) in [5, 5.41) is 17.1. The molecule has 0 aromatic carbocycles. The van der Waals surface area contributed by atoms with Crippen LogP contribution < -0.4 is 5.73 Å². The van der Waals surface area contributed by atoms with Crippen LogP contribution in [-0.2, 0) is 9.59 Å². The van der Waals surface area contributed by atoms with E-state index >= 15 is 0 Å². The zero-order chi connectivity index (χ0) is 9.61. The Kier molecular flexibility index (Phi) is 4.46. The third kappa shape index (κ3) is 2.98. The molecule has 0 aromatic rings. The van der Waals surface area contributed by atoms with Gasteiger partial charge in [-0.2, -0.15) is 0 Å². The Balaban J connectivity index is 4.17. The third-order valence-electron chi connectivity index (χ3n) is 1.65. The summed E-state index contributed by atoms with van der Waals surface area (Å²) < 4.78 is 0. The van der Waals surface area contributed by atoms with Gasteiger partial charge in [-0.3, -0.25) is 4.79 Å². The van der Waals surface area contributed by atoms with Gasteiger partial charge in [0, 0.05) is 13.0 Å². The molecule has 0 heterocycles. The van der Waals surface area contributed by atoms with E-state index in [0.29, 0.717) is 6.29 Å². The number of aliphatic carboxylic acids is 1. The predicted octanol–water partition coefficient (Wildman–Crippen LogP) is -0.870. The quantitative estimate of drug-likeness (QED) is 0.455.